The van der Waals surface area contributed by atoms with Crippen molar-refractivity contribution >= 4 is 32.4 Å². The fraction of sp³-hybridized carbons (Fsp3) is 1.00. The fourth-order valence-electron chi connectivity index (χ4n) is 1.53. The Morgan fingerprint density at radius 1 is 1.25 bits per heavy atom. The molecule has 1 aliphatic rings. The second kappa shape index (κ2) is 7.13. The number of hydrogen-bond acceptors (Lipinski definition) is 4. The minimum atomic E-state index is -2.87. The van der Waals surface area contributed by atoms with E-state index < -0.39 is 9.84 Å². The molecular weight excluding hydrogens is 343 g/mol. The van der Waals surface area contributed by atoms with Gasteiger partial charge >= 0.3 is 0 Å². The topological polar surface area (TPSA) is 52.6 Å². The summed E-state index contributed by atoms with van der Waals surface area (Å²) in [6.45, 7) is 3.92. The summed E-state index contributed by atoms with van der Waals surface area (Å²) in [7, 11) is -2.87. The van der Waals surface area contributed by atoms with Gasteiger partial charge in [0.1, 0.15) is 0 Å². The molecule has 0 aromatic heterocycles. The number of alkyl halides is 1. The van der Waals surface area contributed by atoms with Crippen molar-refractivity contribution in [3.05, 3.63) is 0 Å². The van der Waals surface area contributed by atoms with Crippen LogP contribution in [-0.4, -0.2) is 49.8 Å². The molecule has 1 fully saturated rings. The summed E-state index contributed by atoms with van der Waals surface area (Å²) in [5, 5.41) is 0. The Hall–Kier alpha value is 0.600. The summed E-state index contributed by atoms with van der Waals surface area (Å²) in [5.41, 5.74) is 0. The lowest BCUT2D eigenvalue weighted by Gasteiger charge is -2.13. The van der Waals surface area contributed by atoms with Crippen molar-refractivity contribution in [2.45, 2.75) is 29.8 Å². The van der Waals surface area contributed by atoms with Crippen LogP contribution in [0.25, 0.3) is 0 Å². The maximum Gasteiger partial charge on any atom is 0.154 e. The lowest BCUT2D eigenvalue weighted by molar-refractivity contribution is 0.0181. The second-order valence-electron chi connectivity index (χ2n) is 3.97. The molecule has 0 aromatic rings. The smallest absolute Gasteiger partial charge is 0.154 e. The van der Waals surface area contributed by atoms with Gasteiger partial charge in [0, 0.05) is 6.61 Å². The van der Waals surface area contributed by atoms with E-state index >= 15 is 0 Å². The van der Waals surface area contributed by atoms with E-state index in [2.05, 4.69) is 29.5 Å². The van der Waals surface area contributed by atoms with Crippen molar-refractivity contribution in [2.24, 2.45) is 0 Å². The van der Waals surface area contributed by atoms with Gasteiger partial charge in [-0.2, -0.15) is 0 Å². The number of sulfone groups is 1. The number of halogens is 1. The Morgan fingerprint density at radius 3 is 2.56 bits per heavy atom. The molecular formula is C10H19IO4S. The number of ether oxygens (including phenoxy) is 2. The standard InChI is InChI=1S/C10H19IO4S/c1-2-3-4-14-5-6-15-10-8-16(12,13)7-9(10)11/h9-10H,2-8H2,1H3. The van der Waals surface area contributed by atoms with Crippen LogP contribution >= 0.6 is 22.6 Å². The molecule has 0 aromatic carbocycles. The molecule has 0 spiro atoms. The van der Waals surface area contributed by atoms with E-state index in [1.807, 2.05) is 0 Å². The lowest BCUT2D eigenvalue weighted by Crippen LogP contribution is -2.24. The van der Waals surface area contributed by atoms with Gasteiger partial charge in [-0.15, -0.1) is 0 Å². The van der Waals surface area contributed by atoms with Crippen LogP contribution in [-0.2, 0) is 19.3 Å². The fourth-order valence-corrected chi connectivity index (χ4v) is 5.65. The second-order valence-corrected chi connectivity index (χ2v) is 7.72. The van der Waals surface area contributed by atoms with E-state index in [1.54, 1.807) is 0 Å². The third-order valence-electron chi connectivity index (χ3n) is 2.44. The van der Waals surface area contributed by atoms with Crippen molar-refractivity contribution in [1.29, 1.82) is 0 Å². The van der Waals surface area contributed by atoms with Crippen molar-refractivity contribution in [2.75, 3.05) is 31.3 Å². The van der Waals surface area contributed by atoms with Crippen molar-refractivity contribution < 1.29 is 17.9 Å². The lowest BCUT2D eigenvalue weighted by atomic mass is 10.3. The van der Waals surface area contributed by atoms with Crippen LogP contribution in [0.15, 0.2) is 0 Å². The molecule has 2 unspecified atom stereocenters. The Balaban J connectivity index is 2.10. The molecule has 1 heterocycles. The number of hydrogen-bond donors (Lipinski definition) is 0. The minimum Gasteiger partial charge on any atom is -0.379 e. The van der Waals surface area contributed by atoms with Crippen LogP contribution in [0.1, 0.15) is 19.8 Å². The van der Waals surface area contributed by atoms with Gasteiger partial charge in [-0.1, -0.05) is 35.9 Å². The molecule has 0 radical (unpaired) electrons. The first-order valence-corrected chi connectivity index (χ1v) is 8.65. The van der Waals surface area contributed by atoms with Gasteiger partial charge in [0.15, 0.2) is 9.84 Å². The quantitative estimate of drug-likeness (QED) is 0.391. The Bertz CT molecular complexity index is 291. The molecule has 96 valence electrons. The highest BCUT2D eigenvalue weighted by atomic mass is 127. The predicted molar refractivity (Wildman–Crippen MR) is 71.9 cm³/mol. The van der Waals surface area contributed by atoms with Gasteiger partial charge in [-0.3, -0.25) is 0 Å². The summed E-state index contributed by atoms with van der Waals surface area (Å²) in [5.74, 6) is 0.407. The molecule has 16 heavy (non-hydrogen) atoms. The van der Waals surface area contributed by atoms with Crippen molar-refractivity contribution in [1.82, 2.24) is 0 Å². The zero-order chi connectivity index (χ0) is 12.0. The summed E-state index contributed by atoms with van der Waals surface area (Å²) in [4.78, 5) is 0. The van der Waals surface area contributed by atoms with E-state index in [-0.39, 0.29) is 21.5 Å². The third kappa shape index (κ3) is 5.29. The van der Waals surface area contributed by atoms with Gasteiger partial charge in [0.05, 0.1) is 34.7 Å². The molecule has 0 bridgehead atoms. The van der Waals surface area contributed by atoms with E-state index in [0.29, 0.717) is 13.2 Å². The van der Waals surface area contributed by atoms with Crippen LogP contribution in [0, 0.1) is 0 Å². The van der Waals surface area contributed by atoms with Crippen LogP contribution in [0.2, 0.25) is 0 Å². The van der Waals surface area contributed by atoms with Gasteiger partial charge in [0.2, 0.25) is 0 Å². The average Bonchev–Trinajstić information content (AvgIpc) is 2.45. The number of unbranched alkanes of at least 4 members (excludes halogenated alkanes) is 1. The highest BCUT2D eigenvalue weighted by Gasteiger charge is 2.36. The molecule has 1 aliphatic heterocycles. The normalized spacial score (nSPS) is 28.4. The predicted octanol–water partition coefficient (Wildman–Crippen LogP) is 1.42. The van der Waals surface area contributed by atoms with Crippen molar-refractivity contribution in [3.8, 4) is 0 Å². The van der Waals surface area contributed by atoms with Crippen LogP contribution in [0.5, 0.6) is 0 Å². The van der Waals surface area contributed by atoms with E-state index in [9.17, 15) is 8.42 Å². The molecule has 4 nitrogen and oxygen atoms in total. The van der Waals surface area contributed by atoms with Crippen molar-refractivity contribution in [3.63, 3.8) is 0 Å². The highest BCUT2D eigenvalue weighted by molar-refractivity contribution is 14.1. The minimum absolute atomic E-state index is 0.0817. The third-order valence-corrected chi connectivity index (χ3v) is 5.98. The largest absolute Gasteiger partial charge is 0.379 e. The summed E-state index contributed by atoms with van der Waals surface area (Å²) in [6.07, 6.45) is 2.03. The van der Waals surface area contributed by atoms with E-state index in [1.165, 1.54) is 0 Å². The highest BCUT2D eigenvalue weighted by Crippen LogP contribution is 2.22. The molecule has 1 rings (SSSR count). The van der Waals surface area contributed by atoms with E-state index in [0.717, 1.165) is 19.4 Å². The average molecular weight is 362 g/mol. The maximum atomic E-state index is 11.3. The van der Waals surface area contributed by atoms with Gasteiger partial charge in [-0.25, -0.2) is 8.42 Å². The zero-order valence-electron chi connectivity index (χ0n) is 9.52. The molecule has 0 aliphatic carbocycles. The zero-order valence-corrected chi connectivity index (χ0v) is 12.5. The maximum absolute atomic E-state index is 11.3. The van der Waals surface area contributed by atoms with Crippen LogP contribution in [0.3, 0.4) is 0 Å². The Kier molecular flexibility index (Phi) is 6.53. The first-order valence-electron chi connectivity index (χ1n) is 5.59. The molecule has 0 amide bonds. The van der Waals surface area contributed by atoms with Crippen LogP contribution < -0.4 is 0 Å². The Labute approximate surface area is 111 Å². The van der Waals surface area contributed by atoms with Gasteiger partial charge in [-0.05, 0) is 6.42 Å². The molecule has 0 N–H and O–H groups in total. The Morgan fingerprint density at radius 2 is 2.00 bits per heavy atom. The SMILES string of the molecule is CCCCOCCOC1CS(=O)(=O)CC1I. The summed E-state index contributed by atoms with van der Waals surface area (Å²) < 4.78 is 33.6. The number of rotatable bonds is 7. The first-order chi connectivity index (χ1) is 7.55. The molecule has 2 atom stereocenters. The van der Waals surface area contributed by atoms with Gasteiger partial charge < -0.3 is 9.47 Å². The summed E-state index contributed by atoms with van der Waals surface area (Å²) >= 11 is 2.15. The monoisotopic (exact) mass is 362 g/mol. The first kappa shape index (κ1) is 14.7. The molecule has 0 saturated carbocycles. The molecule has 1 saturated heterocycles. The van der Waals surface area contributed by atoms with Gasteiger partial charge in [0.25, 0.3) is 0 Å². The molecule has 6 heteroatoms. The summed E-state index contributed by atoms with van der Waals surface area (Å²) in [6, 6.07) is 0. The van der Waals surface area contributed by atoms with Crippen LogP contribution in [0.4, 0.5) is 0 Å². The van der Waals surface area contributed by atoms with E-state index in [4.69, 9.17) is 9.47 Å².